The monoisotopic (exact) mass is 890 g/mol. The van der Waals surface area contributed by atoms with Crippen LogP contribution in [0.3, 0.4) is 0 Å². The maximum absolute atomic E-state index is 13.2. The fourth-order valence-electron chi connectivity index (χ4n) is 9.14. The summed E-state index contributed by atoms with van der Waals surface area (Å²) in [5.41, 5.74) is 11.1. The third kappa shape index (κ3) is 10.3. The van der Waals surface area contributed by atoms with Crippen LogP contribution in [0, 0.1) is 55.4 Å². The predicted molar refractivity (Wildman–Crippen MR) is 251 cm³/mol. The highest BCUT2D eigenvalue weighted by molar-refractivity contribution is 5.90. The molecule has 12 nitrogen and oxygen atoms in total. The Hall–Kier alpha value is -5.46. The lowest BCUT2D eigenvalue weighted by Crippen LogP contribution is -2.35. The molecule has 4 heterocycles. The first kappa shape index (κ1) is 46.1. The number of benzene rings is 4. The topological polar surface area (TPSA) is 121 Å². The number of cyclic esters (lactones) is 2. The molecular weight excluding hydrogens is 825 g/mol. The third-order valence-corrected chi connectivity index (χ3v) is 13.5. The number of anilines is 2. The Labute approximate surface area is 384 Å². The van der Waals surface area contributed by atoms with E-state index in [0.29, 0.717) is 32.5 Å². The van der Waals surface area contributed by atoms with Gasteiger partial charge in [-0.25, -0.2) is 9.59 Å². The van der Waals surface area contributed by atoms with Crippen molar-refractivity contribution in [2.24, 2.45) is 0 Å². The van der Waals surface area contributed by atoms with Crippen LogP contribution in [-0.2, 0) is 25.4 Å². The standard InChI is InChI=1S/C53H66N2O10/c1-30-34(5)49(65-53(11,12)23-43-26-58-43)35(6)31(2)46(30)60-27-44-25-55(51(57)63-44)41-19-15-39(16-20-41)21-38-13-17-40(18-14-38)54-24-42(62-50(54)56)22-52(9,10)64-48-36(7)32(3)47(33(4)37(48)8)61-29-45-28-59-45/h13-20,42-45H,21-29H2,1-12H3. The fraction of sp³-hybridized carbons (Fsp3) is 0.509. The second kappa shape index (κ2) is 18.1. The number of hydrogen-bond acceptors (Lipinski definition) is 10. The average molecular weight is 891 g/mol. The first-order chi connectivity index (χ1) is 30.8. The fourth-order valence-corrected chi connectivity index (χ4v) is 9.14. The van der Waals surface area contributed by atoms with Crippen LogP contribution in [0.25, 0.3) is 0 Å². The van der Waals surface area contributed by atoms with Crippen LogP contribution in [0.15, 0.2) is 48.5 Å². The van der Waals surface area contributed by atoms with Crippen LogP contribution < -0.4 is 28.7 Å². The summed E-state index contributed by atoms with van der Waals surface area (Å²) in [6.07, 6.45) is 1.000. The van der Waals surface area contributed by atoms with E-state index in [9.17, 15) is 9.59 Å². The predicted octanol–water partition coefficient (Wildman–Crippen LogP) is 10.4. The molecule has 2 amide bonds. The van der Waals surface area contributed by atoms with E-state index in [4.69, 9.17) is 37.9 Å². The van der Waals surface area contributed by atoms with Crippen LogP contribution in [0.2, 0.25) is 0 Å². The number of nitrogens with zero attached hydrogens (tertiary/aromatic N) is 2. The van der Waals surface area contributed by atoms with Crippen molar-refractivity contribution in [2.75, 3.05) is 49.3 Å². The number of epoxide rings is 2. The zero-order chi connectivity index (χ0) is 46.5. The van der Waals surface area contributed by atoms with Crippen molar-refractivity contribution in [1.82, 2.24) is 0 Å². The van der Waals surface area contributed by atoms with Gasteiger partial charge in [0.05, 0.1) is 32.4 Å². The van der Waals surface area contributed by atoms with Crippen molar-refractivity contribution in [3.05, 3.63) is 104 Å². The first-order valence-corrected chi connectivity index (χ1v) is 23.0. The smallest absolute Gasteiger partial charge is 0.414 e. The van der Waals surface area contributed by atoms with Crippen molar-refractivity contribution in [3.63, 3.8) is 0 Å². The molecule has 348 valence electrons. The first-order valence-electron chi connectivity index (χ1n) is 23.0. The van der Waals surface area contributed by atoms with Gasteiger partial charge in [0.25, 0.3) is 0 Å². The van der Waals surface area contributed by atoms with E-state index in [1.165, 1.54) is 0 Å². The maximum atomic E-state index is 13.2. The number of rotatable bonds is 18. The Morgan fingerprint density at radius 2 is 0.831 bits per heavy atom. The second-order valence-corrected chi connectivity index (χ2v) is 19.7. The van der Waals surface area contributed by atoms with Gasteiger partial charge in [-0.1, -0.05) is 24.3 Å². The molecule has 12 heteroatoms. The summed E-state index contributed by atoms with van der Waals surface area (Å²) in [6, 6.07) is 16.0. The van der Waals surface area contributed by atoms with Crippen LogP contribution in [-0.4, -0.2) is 87.3 Å². The minimum atomic E-state index is -0.603. The lowest BCUT2D eigenvalue weighted by atomic mass is 9.96. The third-order valence-electron chi connectivity index (χ3n) is 13.5. The largest absolute Gasteiger partial charge is 0.490 e. The van der Waals surface area contributed by atoms with E-state index < -0.39 is 17.8 Å². The minimum absolute atomic E-state index is 0.181. The number of amides is 2. The highest BCUT2D eigenvalue weighted by Gasteiger charge is 2.39. The summed E-state index contributed by atoms with van der Waals surface area (Å²) in [6.45, 7) is 28.0. The molecule has 8 rings (SSSR count). The summed E-state index contributed by atoms with van der Waals surface area (Å²) >= 11 is 0. The molecule has 65 heavy (non-hydrogen) atoms. The van der Waals surface area contributed by atoms with Gasteiger partial charge in [-0.2, -0.15) is 0 Å². The van der Waals surface area contributed by atoms with E-state index in [1.54, 1.807) is 9.80 Å². The molecule has 0 saturated carbocycles. The molecule has 0 radical (unpaired) electrons. The van der Waals surface area contributed by atoms with Crippen molar-refractivity contribution in [1.29, 1.82) is 0 Å². The van der Waals surface area contributed by atoms with Gasteiger partial charge in [0.15, 0.2) is 6.10 Å². The van der Waals surface area contributed by atoms with Crippen molar-refractivity contribution in [3.8, 4) is 23.0 Å². The molecule has 4 aromatic rings. The molecule has 0 aromatic heterocycles. The molecule has 4 aliphatic heterocycles. The molecule has 4 fully saturated rings. The van der Waals surface area contributed by atoms with Gasteiger partial charge >= 0.3 is 12.2 Å². The average Bonchev–Trinajstić information content (AvgIpc) is 4.20. The van der Waals surface area contributed by atoms with Gasteiger partial charge in [0.1, 0.15) is 59.6 Å². The van der Waals surface area contributed by atoms with E-state index in [2.05, 4.69) is 69.2 Å². The molecule has 0 bridgehead atoms. The van der Waals surface area contributed by atoms with E-state index in [0.717, 1.165) is 110 Å². The molecule has 4 atom stereocenters. The van der Waals surface area contributed by atoms with Crippen LogP contribution in [0.5, 0.6) is 23.0 Å². The normalized spacial score (nSPS) is 20.5. The highest BCUT2D eigenvalue weighted by atomic mass is 16.6. The number of hydrogen-bond donors (Lipinski definition) is 0. The van der Waals surface area contributed by atoms with Crippen LogP contribution in [0.1, 0.15) is 96.2 Å². The lowest BCUT2D eigenvalue weighted by molar-refractivity contribution is 0.0443. The highest BCUT2D eigenvalue weighted by Crippen LogP contribution is 2.42. The molecule has 0 spiro atoms. The SMILES string of the molecule is Cc1c(C)c(OC(C)(C)CC2CO2)c(C)c(C)c1OCC1CN(c2ccc(Cc3ccc(N4CC(CC(C)(C)Oc5c(C)c(C)c(OCC6CO6)c(C)c5C)OC4=O)cc3)cc2)C(=O)O1. The summed E-state index contributed by atoms with van der Waals surface area (Å²) in [5, 5.41) is 0. The summed E-state index contributed by atoms with van der Waals surface area (Å²) in [5.74, 6) is 3.44. The Bertz CT molecular complexity index is 2380. The van der Waals surface area contributed by atoms with E-state index in [-0.39, 0.29) is 36.6 Å². The Kier molecular flexibility index (Phi) is 12.8. The molecule has 4 unspecified atom stereocenters. The Balaban J connectivity index is 0.828. The Morgan fingerprint density at radius 1 is 0.492 bits per heavy atom. The lowest BCUT2D eigenvalue weighted by Gasteiger charge is -2.31. The van der Waals surface area contributed by atoms with Gasteiger partial charge in [-0.3, -0.25) is 9.80 Å². The van der Waals surface area contributed by atoms with E-state index in [1.807, 2.05) is 62.4 Å². The van der Waals surface area contributed by atoms with Crippen LogP contribution >= 0.6 is 0 Å². The van der Waals surface area contributed by atoms with Crippen molar-refractivity contribution >= 4 is 23.6 Å². The quantitative estimate of drug-likeness (QED) is 0.0893. The molecule has 4 aliphatic rings. The zero-order valence-electron chi connectivity index (χ0n) is 40.3. The van der Waals surface area contributed by atoms with Gasteiger partial charge in [-0.15, -0.1) is 0 Å². The molecule has 0 N–H and O–H groups in total. The molecular formula is C53H66N2O10. The van der Waals surface area contributed by atoms with Crippen molar-refractivity contribution < 1.29 is 47.5 Å². The summed E-state index contributed by atoms with van der Waals surface area (Å²) < 4.78 is 48.3. The maximum Gasteiger partial charge on any atom is 0.414 e. The number of carbonyl (C=O) groups excluding carboxylic acids is 2. The van der Waals surface area contributed by atoms with E-state index >= 15 is 0 Å². The van der Waals surface area contributed by atoms with Gasteiger partial charge in [0, 0.05) is 24.2 Å². The van der Waals surface area contributed by atoms with Gasteiger partial charge < -0.3 is 37.9 Å². The number of ether oxygens (including phenoxy) is 8. The second-order valence-electron chi connectivity index (χ2n) is 19.7. The number of carbonyl (C=O) groups is 2. The molecule has 4 aromatic carbocycles. The summed E-state index contributed by atoms with van der Waals surface area (Å²) in [7, 11) is 0. The molecule has 4 saturated heterocycles. The van der Waals surface area contributed by atoms with Gasteiger partial charge in [0.2, 0.25) is 0 Å². The summed E-state index contributed by atoms with van der Waals surface area (Å²) in [4.78, 5) is 29.6. The minimum Gasteiger partial charge on any atom is -0.490 e. The van der Waals surface area contributed by atoms with Crippen molar-refractivity contribution in [2.45, 2.75) is 138 Å². The van der Waals surface area contributed by atoms with Crippen LogP contribution in [0.4, 0.5) is 21.0 Å². The molecule has 0 aliphatic carbocycles. The Morgan fingerprint density at radius 3 is 1.23 bits per heavy atom. The van der Waals surface area contributed by atoms with Gasteiger partial charge in [-0.05, 0) is 169 Å². The zero-order valence-corrected chi connectivity index (χ0v) is 40.3.